The lowest BCUT2D eigenvalue weighted by molar-refractivity contribution is -0.158. The van der Waals surface area contributed by atoms with Crippen LogP contribution in [0.15, 0.2) is 36.1 Å². The summed E-state index contributed by atoms with van der Waals surface area (Å²) in [6, 6.07) is 8.70. The molecule has 1 saturated heterocycles. The molecule has 2 heterocycles. The number of methoxy groups -OCH3 is 1. The molecule has 21 heavy (non-hydrogen) atoms. The zero-order chi connectivity index (χ0) is 14.8. The SMILES string of the molecule is COC1=C[C@@]23O[C@](N(C)C)(c4ccccc42)C(C)[C@@H]3CC1. The quantitative estimate of drug-likeness (QED) is 0.833. The molecule has 1 aromatic rings. The van der Waals surface area contributed by atoms with Crippen molar-refractivity contribution in [3.8, 4) is 0 Å². The Morgan fingerprint density at radius 1 is 1.24 bits per heavy atom. The molecule has 0 radical (unpaired) electrons. The van der Waals surface area contributed by atoms with Crippen LogP contribution in [-0.2, 0) is 20.8 Å². The largest absolute Gasteiger partial charge is 0.501 e. The number of nitrogens with zero attached hydrogens (tertiary/aromatic N) is 1. The number of allylic oxidation sites excluding steroid dienone is 1. The Bertz CT molecular complexity index is 623. The summed E-state index contributed by atoms with van der Waals surface area (Å²) in [5.74, 6) is 2.05. The summed E-state index contributed by atoms with van der Waals surface area (Å²) < 4.78 is 12.4. The average molecular weight is 285 g/mol. The van der Waals surface area contributed by atoms with Crippen molar-refractivity contribution in [2.24, 2.45) is 11.8 Å². The van der Waals surface area contributed by atoms with Crippen LogP contribution < -0.4 is 0 Å². The number of hydrogen-bond acceptors (Lipinski definition) is 3. The van der Waals surface area contributed by atoms with Crippen LogP contribution in [0.25, 0.3) is 0 Å². The van der Waals surface area contributed by atoms with Gasteiger partial charge < -0.3 is 9.47 Å². The van der Waals surface area contributed by atoms with Crippen molar-refractivity contribution in [1.29, 1.82) is 0 Å². The Balaban J connectivity index is 2.00. The number of hydrogen-bond donors (Lipinski definition) is 0. The van der Waals surface area contributed by atoms with Crippen LogP contribution >= 0.6 is 0 Å². The Labute approximate surface area is 126 Å². The molecule has 4 rings (SSSR count). The van der Waals surface area contributed by atoms with E-state index >= 15 is 0 Å². The standard InChI is InChI=1S/C18H23NO2/c1-12-14-10-9-13(20-4)11-17(14)15-7-5-6-8-16(15)18(12,21-17)19(2)3/h5-8,11-12,14H,9-10H2,1-4H3/t12?,14-,17-,18-/m0/s1. The van der Waals surface area contributed by atoms with Crippen LogP contribution in [0.3, 0.4) is 0 Å². The zero-order valence-electron chi connectivity index (χ0n) is 13.2. The molecular weight excluding hydrogens is 262 g/mol. The zero-order valence-corrected chi connectivity index (χ0v) is 13.2. The second kappa shape index (κ2) is 4.11. The minimum absolute atomic E-state index is 0.302. The summed E-state index contributed by atoms with van der Waals surface area (Å²) >= 11 is 0. The van der Waals surface area contributed by atoms with E-state index in [0.29, 0.717) is 11.8 Å². The molecule has 1 unspecified atom stereocenters. The first-order valence-electron chi connectivity index (χ1n) is 7.79. The van der Waals surface area contributed by atoms with Crippen LogP contribution in [-0.4, -0.2) is 26.1 Å². The van der Waals surface area contributed by atoms with E-state index in [1.165, 1.54) is 11.1 Å². The van der Waals surface area contributed by atoms with Gasteiger partial charge in [-0.1, -0.05) is 31.2 Å². The molecule has 4 atom stereocenters. The molecule has 0 aromatic heterocycles. The van der Waals surface area contributed by atoms with Gasteiger partial charge in [0.1, 0.15) is 5.60 Å². The second-order valence-electron chi connectivity index (χ2n) is 6.78. The van der Waals surface area contributed by atoms with Gasteiger partial charge in [0, 0.05) is 23.8 Å². The average Bonchev–Trinajstić information content (AvgIpc) is 2.94. The summed E-state index contributed by atoms with van der Waals surface area (Å²) in [5, 5.41) is 0. The molecule has 3 aliphatic rings. The van der Waals surface area contributed by atoms with Crippen LogP contribution in [0.4, 0.5) is 0 Å². The van der Waals surface area contributed by atoms with Gasteiger partial charge in [-0.2, -0.15) is 0 Å². The van der Waals surface area contributed by atoms with E-state index in [2.05, 4.69) is 56.3 Å². The van der Waals surface area contributed by atoms with E-state index in [1.807, 2.05) is 0 Å². The minimum Gasteiger partial charge on any atom is -0.501 e. The first-order chi connectivity index (χ1) is 10.1. The summed E-state index contributed by atoms with van der Waals surface area (Å²) in [7, 11) is 6.02. The number of benzene rings is 1. The van der Waals surface area contributed by atoms with Crippen LogP contribution in [0.1, 0.15) is 30.9 Å². The highest BCUT2D eigenvalue weighted by Crippen LogP contribution is 2.67. The van der Waals surface area contributed by atoms with E-state index in [1.54, 1.807) is 7.11 Å². The van der Waals surface area contributed by atoms with Gasteiger partial charge in [0.25, 0.3) is 0 Å². The molecule has 1 aromatic carbocycles. The van der Waals surface area contributed by atoms with Crippen molar-refractivity contribution >= 4 is 0 Å². The molecule has 3 heteroatoms. The maximum Gasteiger partial charge on any atom is 0.152 e. The third-order valence-corrected chi connectivity index (χ3v) is 5.83. The molecule has 3 nitrogen and oxygen atoms in total. The van der Waals surface area contributed by atoms with Gasteiger partial charge in [0.2, 0.25) is 0 Å². The van der Waals surface area contributed by atoms with Crippen LogP contribution in [0.2, 0.25) is 0 Å². The van der Waals surface area contributed by atoms with Crippen molar-refractivity contribution in [2.45, 2.75) is 31.1 Å². The second-order valence-corrected chi connectivity index (χ2v) is 6.78. The maximum atomic E-state index is 6.80. The van der Waals surface area contributed by atoms with Gasteiger partial charge in [-0.25, -0.2) is 0 Å². The summed E-state index contributed by atoms with van der Waals surface area (Å²) in [4.78, 5) is 2.25. The Kier molecular flexibility index (Phi) is 2.61. The summed E-state index contributed by atoms with van der Waals surface area (Å²) in [6.45, 7) is 2.34. The molecule has 0 N–H and O–H groups in total. The first kappa shape index (κ1) is 13.4. The molecule has 0 amide bonds. The number of ether oxygens (including phenoxy) is 2. The van der Waals surface area contributed by atoms with Gasteiger partial charge >= 0.3 is 0 Å². The fraction of sp³-hybridized carbons (Fsp3) is 0.556. The molecule has 1 aliphatic carbocycles. The van der Waals surface area contributed by atoms with E-state index in [-0.39, 0.29) is 11.3 Å². The maximum absolute atomic E-state index is 6.80. The fourth-order valence-corrected chi connectivity index (χ4v) is 4.95. The predicted octanol–water partition coefficient (Wildman–Crippen LogP) is 3.22. The van der Waals surface area contributed by atoms with Crippen molar-refractivity contribution in [3.63, 3.8) is 0 Å². The highest BCUT2D eigenvalue weighted by atomic mass is 16.6. The highest BCUT2D eigenvalue weighted by Gasteiger charge is 2.69. The third kappa shape index (κ3) is 1.37. The molecule has 0 saturated carbocycles. The topological polar surface area (TPSA) is 21.7 Å². The Morgan fingerprint density at radius 2 is 1.95 bits per heavy atom. The van der Waals surface area contributed by atoms with Gasteiger partial charge in [0.05, 0.1) is 12.9 Å². The van der Waals surface area contributed by atoms with Crippen molar-refractivity contribution in [1.82, 2.24) is 4.90 Å². The fourth-order valence-electron chi connectivity index (χ4n) is 4.95. The lowest BCUT2D eigenvalue weighted by atomic mass is 9.63. The van der Waals surface area contributed by atoms with Gasteiger partial charge in [-0.05, 0) is 32.2 Å². The van der Waals surface area contributed by atoms with Gasteiger partial charge in [-0.3, -0.25) is 4.90 Å². The summed E-state index contributed by atoms with van der Waals surface area (Å²) in [6.07, 6.45) is 4.39. The van der Waals surface area contributed by atoms with Gasteiger partial charge in [-0.15, -0.1) is 0 Å². The highest BCUT2D eigenvalue weighted by molar-refractivity contribution is 5.49. The predicted molar refractivity (Wildman–Crippen MR) is 81.6 cm³/mol. The lowest BCUT2D eigenvalue weighted by Crippen LogP contribution is -2.46. The van der Waals surface area contributed by atoms with E-state index in [9.17, 15) is 0 Å². The molecule has 2 aliphatic heterocycles. The lowest BCUT2D eigenvalue weighted by Gasteiger charge is -2.42. The van der Waals surface area contributed by atoms with Crippen molar-refractivity contribution < 1.29 is 9.47 Å². The number of fused-ring (bicyclic) bond motifs is 3. The molecule has 1 fully saturated rings. The Morgan fingerprint density at radius 3 is 2.62 bits per heavy atom. The number of rotatable bonds is 2. The minimum atomic E-state index is -0.305. The smallest absolute Gasteiger partial charge is 0.152 e. The van der Waals surface area contributed by atoms with Crippen molar-refractivity contribution in [3.05, 3.63) is 47.2 Å². The molecular formula is C18H23NO2. The van der Waals surface area contributed by atoms with Gasteiger partial charge in [0.15, 0.2) is 5.72 Å². The van der Waals surface area contributed by atoms with E-state index in [4.69, 9.17) is 9.47 Å². The van der Waals surface area contributed by atoms with Crippen LogP contribution in [0, 0.1) is 11.8 Å². The van der Waals surface area contributed by atoms with E-state index in [0.717, 1.165) is 18.6 Å². The molecule has 2 bridgehead atoms. The Hall–Kier alpha value is -1.32. The van der Waals surface area contributed by atoms with E-state index < -0.39 is 0 Å². The monoisotopic (exact) mass is 285 g/mol. The molecule has 112 valence electrons. The summed E-state index contributed by atoms with van der Waals surface area (Å²) in [5.41, 5.74) is 2.05. The normalized spacial score (nSPS) is 40.0. The third-order valence-electron chi connectivity index (χ3n) is 5.83. The van der Waals surface area contributed by atoms with Crippen LogP contribution in [0.5, 0.6) is 0 Å². The molecule has 1 spiro atoms. The van der Waals surface area contributed by atoms with Crippen molar-refractivity contribution in [2.75, 3.05) is 21.2 Å². The first-order valence-corrected chi connectivity index (χ1v) is 7.79.